The average molecular weight is 362 g/mol. The molecule has 0 radical (unpaired) electrons. The van der Waals surface area contributed by atoms with Crippen LogP contribution in [0, 0.1) is 6.92 Å². The van der Waals surface area contributed by atoms with Crippen molar-refractivity contribution in [1.29, 1.82) is 0 Å². The van der Waals surface area contributed by atoms with Gasteiger partial charge < -0.3 is 10.2 Å². The van der Waals surface area contributed by atoms with Crippen LogP contribution in [0.25, 0.3) is 0 Å². The predicted octanol–water partition coefficient (Wildman–Crippen LogP) is 4.35. The van der Waals surface area contributed by atoms with Crippen LogP contribution in [0.3, 0.4) is 0 Å². The first kappa shape index (κ1) is 19.1. The van der Waals surface area contributed by atoms with Gasteiger partial charge in [-0.05, 0) is 75.7 Å². The third-order valence-electron chi connectivity index (χ3n) is 4.16. The van der Waals surface area contributed by atoms with Crippen molar-refractivity contribution >= 4 is 32.8 Å². The minimum absolute atomic E-state index is 0.0606. The van der Waals surface area contributed by atoms with Gasteiger partial charge in [0.2, 0.25) is 10.0 Å². The Hall–Kier alpha value is -2.21. The molecule has 0 spiro atoms. The molecule has 5 nitrogen and oxygen atoms in total. The molecule has 2 aromatic carbocycles. The highest BCUT2D eigenvalue weighted by Crippen LogP contribution is 2.26. The molecule has 0 fully saturated rings. The van der Waals surface area contributed by atoms with E-state index >= 15 is 0 Å². The summed E-state index contributed by atoms with van der Waals surface area (Å²) in [4.78, 5) is 2.31. The molecule has 0 aliphatic carbocycles. The van der Waals surface area contributed by atoms with E-state index in [2.05, 4.69) is 53.9 Å². The van der Waals surface area contributed by atoms with Crippen LogP contribution in [0.1, 0.15) is 26.3 Å². The van der Waals surface area contributed by atoms with E-state index in [1.807, 2.05) is 12.1 Å². The third kappa shape index (κ3) is 5.13. The number of hydrogen-bond donors (Lipinski definition) is 2. The van der Waals surface area contributed by atoms with Crippen molar-refractivity contribution < 1.29 is 8.42 Å². The van der Waals surface area contributed by atoms with Crippen molar-refractivity contribution in [3.8, 4) is 0 Å². The van der Waals surface area contributed by atoms with Gasteiger partial charge in [0.1, 0.15) is 0 Å². The molecule has 2 aromatic rings. The van der Waals surface area contributed by atoms with E-state index in [1.54, 1.807) is 19.1 Å². The minimum Gasteiger partial charge on any atom is -0.372 e. The van der Waals surface area contributed by atoms with Crippen molar-refractivity contribution in [2.45, 2.75) is 27.7 Å². The lowest BCUT2D eigenvalue weighted by atomic mass is 10.1. The molecule has 0 atom stereocenters. The normalized spacial score (nSPS) is 11.2. The van der Waals surface area contributed by atoms with Gasteiger partial charge in [-0.1, -0.05) is 0 Å². The quantitative estimate of drug-likeness (QED) is 0.734. The molecular formula is C19H27N3O2S. The van der Waals surface area contributed by atoms with Gasteiger partial charge in [0.15, 0.2) is 0 Å². The van der Waals surface area contributed by atoms with Crippen LogP contribution in [0.5, 0.6) is 0 Å². The first-order chi connectivity index (χ1) is 11.9. The first-order valence-electron chi connectivity index (χ1n) is 8.61. The van der Waals surface area contributed by atoms with Crippen LogP contribution < -0.4 is 14.9 Å². The molecule has 0 saturated carbocycles. The van der Waals surface area contributed by atoms with Crippen molar-refractivity contribution in [2.75, 3.05) is 33.8 Å². The summed E-state index contributed by atoms with van der Waals surface area (Å²) in [5.41, 5.74) is 4.91. The van der Waals surface area contributed by atoms with Crippen LogP contribution in [-0.4, -0.2) is 27.3 Å². The van der Waals surface area contributed by atoms with E-state index in [-0.39, 0.29) is 5.75 Å². The summed E-state index contributed by atoms with van der Waals surface area (Å²) in [5, 5.41) is 3.38. The van der Waals surface area contributed by atoms with Crippen molar-refractivity contribution in [1.82, 2.24) is 0 Å². The number of aryl methyl sites for hydroxylation is 1. The van der Waals surface area contributed by atoms with Gasteiger partial charge in [-0.25, -0.2) is 8.42 Å². The maximum absolute atomic E-state index is 11.6. The SMILES string of the molecule is CCN(CC)c1ccc(Nc2ccc(NS(=O)(=O)CC)cc2)c(C)c1. The summed E-state index contributed by atoms with van der Waals surface area (Å²) in [6.07, 6.45) is 0. The Kier molecular flexibility index (Phi) is 6.31. The molecule has 0 heterocycles. The highest BCUT2D eigenvalue weighted by Gasteiger charge is 2.07. The number of nitrogens with zero attached hydrogens (tertiary/aromatic N) is 1. The van der Waals surface area contributed by atoms with Gasteiger partial charge in [-0.3, -0.25) is 4.72 Å². The average Bonchev–Trinajstić information content (AvgIpc) is 2.60. The molecule has 0 aliphatic heterocycles. The lowest BCUT2D eigenvalue weighted by Crippen LogP contribution is -2.21. The van der Waals surface area contributed by atoms with Gasteiger partial charge >= 0.3 is 0 Å². The van der Waals surface area contributed by atoms with Gasteiger partial charge in [-0.15, -0.1) is 0 Å². The Morgan fingerprint density at radius 3 is 2.04 bits per heavy atom. The summed E-state index contributed by atoms with van der Waals surface area (Å²) < 4.78 is 25.7. The molecule has 2 rings (SSSR count). The topological polar surface area (TPSA) is 61.4 Å². The van der Waals surface area contributed by atoms with Crippen LogP contribution >= 0.6 is 0 Å². The summed E-state index contributed by atoms with van der Waals surface area (Å²) >= 11 is 0. The van der Waals surface area contributed by atoms with Gasteiger partial charge in [-0.2, -0.15) is 0 Å². The lowest BCUT2D eigenvalue weighted by molar-refractivity contribution is 0.602. The van der Waals surface area contributed by atoms with E-state index in [0.717, 1.165) is 24.5 Å². The number of nitrogens with one attached hydrogen (secondary N) is 2. The smallest absolute Gasteiger partial charge is 0.232 e. The Bertz CT molecular complexity index is 798. The summed E-state index contributed by atoms with van der Waals surface area (Å²) in [6, 6.07) is 13.6. The zero-order chi connectivity index (χ0) is 18.4. The molecule has 0 unspecified atom stereocenters. The number of rotatable bonds is 8. The Morgan fingerprint density at radius 2 is 1.52 bits per heavy atom. The molecule has 25 heavy (non-hydrogen) atoms. The monoisotopic (exact) mass is 361 g/mol. The summed E-state index contributed by atoms with van der Waals surface area (Å²) in [7, 11) is -3.24. The van der Waals surface area contributed by atoms with Crippen molar-refractivity contribution in [3.05, 3.63) is 48.0 Å². The minimum atomic E-state index is -3.24. The molecule has 0 saturated heterocycles. The fourth-order valence-electron chi connectivity index (χ4n) is 2.60. The maximum Gasteiger partial charge on any atom is 0.232 e. The van der Waals surface area contributed by atoms with Crippen LogP contribution in [-0.2, 0) is 10.0 Å². The summed E-state index contributed by atoms with van der Waals surface area (Å²) in [5.74, 6) is 0.0606. The number of hydrogen-bond acceptors (Lipinski definition) is 4. The second-order valence-electron chi connectivity index (χ2n) is 5.88. The molecule has 0 aromatic heterocycles. The highest BCUT2D eigenvalue weighted by molar-refractivity contribution is 7.92. The summed E-state index contributed by atoms with van der Waals surface area (Å²) in [6.45, 7) is 9.97. The predicted molar refractivity (Wildman–Crippen MR) is 108 cm³/mol. The lowest BCUT2D eigenvalue weighted by Gasteiger charge is -2.22. The second kappa shape index (κ2) is 8.25. The van der Waals surface area contributed by atoms with E-state index in [1.165, 1.54) is 11.3 Å². The van der Waals surface area contributed by atoms with E-state index in [4.69, 9.17) is 0 Å². The highest BCUT2D eigenvalue weighted by atomic mass is 32.2. The third-order valence-corrected chi connectivity index (χ3v) is 5.46. The van der Waals surface area contributed by atoms with E-state index in [9.17, 15) is 8.42 Å². The van der Waals surface area contributed by atoms with Crippen LogP contribution in [0.2, 0.25) is 0 Å². The molecule has 0 amide bonds. The first-order valence-corrected chi connectivity index (χ1v) is 10.3. The number of benzene rings is 2. The zero-order valence-electron chi connectivity index (χ0n) is 15.3. The number of sulfonamides is 1. The fourth-order valence-corrected chi connectivity index (χ4v) is 3.24. The second-order valence-corrected chi connectivity index (χ2v) is 7.89. The number of anilines is 4. The maximum atomic E-state index is 11.6. The molecule has 6 heteroatoms. The van der Waals surface area contributed by atoms with Crippen molar-refractivity contribution in [2.24, 2.45) is 0 Å². The van der Waals surface area contributed by atoms with Crippen molar-refractivity contribution in [3.63, 3.8) is 0 Å². The molecule has 2 N–H and O–H groups in total. The molecular weight excluding hydrogens is 334 g/mol. The Balaban J connectivity index is 2.12. The van der Waals surface area contributed by atoms with Gasteiger partial charge in [0, 0.05) is 35.8 Å². The van der Waals surface area contributed by atoms with Gasteiger partial charge in [0.25, 0.3) is 0 Å². The fraction of sp³-hybridized carbons (Fsp3) is 0.368. The molecule has 136 valence electrons. The Morgan fingerprint density at radius 1 is 0.920 bits per heavy atom. The van der Waals surface area contributed by atoms with E-state index in [0.29, 0.717) is 5.69 Å². The van der Waals surface area contributed by atoms with Gasteiger partial charge in [0.05, 0.1) is 5.75 Å². The van der Waals surface area contributed by atoms with Crippen LogP contribution in [0.4, 0.5) is 22.7 Å². The molecule has 0 bridgehead atoms. The van der Waals surface area contributed by atoms with Crippen LogP contribution in [0.15, 0.2) is 42.5 Å². The Labute approximate surface area is 151 Å². The standard InChI is InChI=1S/C19H27N3O2S/c1-5-22(6-2)18-12-13-19(15(4)14-18)20-16-8-10-17(11-9-16)21-25(23,24)7-3/h8-14,20-21H,5-7H2,1-4H3. The van der Waals surface area contributed by atoms with E-state index < -0.39 is 10.0 Å². The zero-order valence-corrected chi connectivity index (χ0v) is 16.2. The molecule has 0 aliphatic rings. The largest absolute Gasteiger partial charge is 0.372 e.